The Morgan fingerprint density at radius 2 is 1.79 bits per heavy atom. The van der Waals surface area contributed by atoms with E-state index < -0.39 is 0 Å². The van der Waals surface area contributed by atoms with Gasteiger partial charge in [-0.1, -0.05) is 44.2 Å². The number of aryl methyl sites for hydroxylation is 2. The zero-order chi connectivity index (χ0) is 20.0. The summed E-state index contributed by atoms with van der Waals surface area (Å²) in [6.45, 7) is 7.23. The van der Waals surface area contributed by atoms with E-state index in [1.807, 2.05) is 35.7 Å². The first kappa shape index (κ1) is 18.3. The minimum atomic E-state index is -0.315. The molecular formula is C21H25N5O2. The Hall–Kier alpha value is -3.09. The van der Waals surface area contributed by atoms with Gasteiger partial charge in [0.05, 0.1) is 6.54 Å². The van der Waals surface area contributed by atoms with Crippen LogP contribution in [0.5, 0.6) is 0 Å². The van der Waals surface area contributed by atoms with Gasteiger partial charge in [0.1, 0.15) is 0 Å². The number of nitrogens with zero attached hydrogens (tertiary/aromatic N) is 5. The molecule has 7 heteroatoms. The summed E-state index contributed by atoms with van der Waals surface area (Å²) in [6.07, 6.45) is 2.70. The monoisotopic (exact) mass is 379 g/mol. The summed E-state index contributed by atoms with van der Waals surface area (Å²) in [6, 6.07) is 10.1. The van der Waals surface area contributed by atoms with Crippen LogP contribution in [0.25, 0.3) is 16.9 Å². The van der Waals surface area contributed by atoms with Gasteiger partial charge in [0, 0.05) is 25.5 Å². The molecule has 0 aliphatic heterocycles. The molecule has 3 heterocycles. The van der Waals surface area contributed by atoms with Crippen LogP contribution in [0.15, 0.2) is 46.1 Å². The number of hydrogen-bond acceptors (Lipinski definition) is 3. The van der Waals surface area contributed by atoms with Gasteiger partial charge in [-0.25, -0.2) is 4.79 Å². The molecule has 0 atom stereocenters. The lowest BCUT2D eigenvalue weighted by Crippen LogP contribution is -2.39. The van der Waals surface area contributed by atoms with Crippen molar-refractivity contribution in [2.24, 2.45) is 13.0 Å². The van der Waals surface area contributed by atoms with Crippen molar-refractivity contribution in [3.63, 3.8) is 0 Å². The maximum atomic E-state index is 13.1. The Kier molecular flexibility index (Phi) is 4.45. The maximum absolute atomic E-state index is 13.1. The second kappa shape index (κ2) is 6.82. The van der Waals surface area contributed by atoms with Crippen LogP contribution in [0.3, 0.4) is 0 Å². The van der Waals surface area contributed by atoms with Gasteiger partial charge >= 0.3 is 5.69 Å². The third-order valence-corrected chi connectivity index (χ3v) is 5.25. The van der Waals surface area contributed by atoms with Crippen molar-refractivity contribution in [1.29, 1.82) is 0 Å². The summed E-state index contributed by atoms with van der Waals surface area (Å²) in [7, 11) is 1.68. The van der Waals surface area contributed by atoms with Crippen molar-refractivity contribution in [1.82, 2.24) is 23.1 Å². The van der Waals surface area contributed by atoms with E-state index in [-0.39, 0.29) is 11.2 Å². The molecule has 0 spiro atoms. The summed E-state index contributed by atoms with van der Waals surface area (Å²) in [5.41, 5.74) is 2.45. The Morgan fingerprint density at radius 1 is 1.07 bits per heavy atom. The van der Waals surface area contributed by atoms with E-state index in [4.69, 9.17) is 0 Å². The van der Waals surface area contributed by atoms with E-state index in [1.165, 1.54) is 9.13 Å². The van der Waals surface area contributed by atoms with Crippen LogP contribution in [0.2, 0.25) is 0 Å². The lowest BCUT2D eigenvalue weighted by molar-refractivity contribution is 0.488. The molecule has 0 radical (unpaired) electrons. The summed E-state index contributed by atoms with van der Waals surface area (Å²) in [5.74, 6) is 1.08. The van der Waals surface area contributed by atoms with Crippen molar-refractivity contribution in [2.45, 2.75) is 40.3 Å². The third kappa shape index (κ3) is 2.87. The van der Waals surface area contributed by atoms with E-state index in [9.17, 15) is 9.59 Å². The maximum Gasteiger partial charge on any atom is 0.332 e. The lowest BCUT2D eigenvalue weighted by atomic mass is 10.1. The average molecular weight is 379 g/mol. The number of hydrogen-bond donors (Lipinski definition) is 0. The molecule has 0 aliphatic rings. The zero-order valence-electron chi connectivity index (χ0n) is 16.7. The van der Waals surface area contributed by atoms with Crippen molar-refractivity contribution >= 4 is 16.9 Å². The molecule has 3 aromatic heterocycles. The molecule has 0 amide bonds. The number of aromatic nitrogens is 5. The molecule has 0 fully saturated rings. The van der Waals surface area contributed by atoms with Gasteiger partial charge in [-0.05, 0) is 24.8 Å². The van der Waals surface area contributed by atoms with Crippen LogP contribution in [0, 0.1) is 12.8 Å². The van der Waals surface area contributed by atoms with E-state index in [2.05, 4.69) is 35.5 Å². The quantitative estimate of drug-likeness (QED) is 0.535. The highest BCUT2D eigenvalue weighted by Crippen LogP contribution is 2.18. The fourth-order valence-electron chi connectivity index (χ4n) is 3.60. The van der Waals surface area contributed by atoms with Crippen molar-refractivity contribution in [3.05, 3.63) is 68.6 Å². The van der Waals surface area contributed by atoms with E-state index in [1.54, 1.807) is 7.05 Å². The summed E-state index contributed by atoms with van der Waals surface area (Å²) in [4.78, 5) is 30.5. The van der Waals surface area contributed by atoms with E-state index in [0.717, 1.165) is 17.7 Å². The highest BCUT2D eigenvalue weighted by molar-refractivity contribution is 5.75. The number of rotatable bonds is 5. The second-order valence-corrected chi connectivity index (χ2v) is 7.78. The number of fused-ring (bicyclic) bond motifs is 3. The minimum Gasteiger partial charge on any atom is -0.310 e. The Bertz CT molecular complexity index is 1270. The van der Waals surface area contributed by atoms with Crippen LogP contribution in [0.4, 0.5) is 0 Å². The van der Waals surface area contributed by atoms with Crippen molar-refractivity contribution in [2.75, 3.05) is 0 Å². The van der Waals surface area contributed by atoms with Gasteiger partial charge < -0.3 is 4.57 Å². The van der Waals surface area contributed by atoms with Gasteiger partial charge in [-0.3, -0.25) is 18.3 Å². The molecule has 0 unspecified atom stereocenters. The zero-order valence-corrected chi connectivity index (χ0v) is 16.7. The molecule has 4 aromatic rings. The van der Waals surface area contributed by atoms with Crippen molar-refractivity contribution in [3.8, 4) is 0 Å². The molecule has 0 saturated heterocycles. The molecular weight excluding hydrogens is 354 g/mol. The molecule has 7 nitrogen and oxygen atoms in total. The first-order valence-electron chi connectivity index (χ1n) is 9.60. The largest absolute Gasteiger partial charge is 0.332 e. The van der Waals surface area contributed by atoms with E-state index >= 15 is 0 Å². The molecule has 0 saturated carbocycles. The second-order valence-electron chi connectivity index (χ2n) is 7.78. The highest BCUT2D eigenvalue weighted by atomic mass is 16.2. The predicted molar refractivity (Wildman–Crippen MR) is 110 cm³/mol. The van der Waals surface area contributed by atoms with Crippen molar-refractivity contribution < 1.29 is 0 Å². The fraction of sp³-hybridized carbons (Fsp3) is 0.381. The Balaban J connectivity index is 1.94. The topological polar surface area (TPSA) is 66.2 Å². The summed E-state index contributed by atoms with van der Waals surface area (Å²) in [5, 5.41) is 0. The highest BCUT2D eigenvalue weighted by Gasteiger charge is 2.20. The molecule has 0 aliphatic carbocycles. The van der Waals surface area contributed by atoms with Gasteiger partial charge in [-0.2, -0.15) is 4.98 Å². The molecule has 1 aromatic carbocycles. The number of benzene rings is 1. The first-order valence-corrected chi connectivity index (χ1v) is 9.60. The lowest BCUT2D eigenvalue weighted by Gasteiger charge is -2.09. The minimum absolute atomic E-state index is 0.275. The van der Waals surface area contributed by atoms with Gasteiger partial charge in [0.15, 0.2) is 11.2 Å². The van der Waals surface area contributed by atoms with Crippen LogP contribution < -0.4 is 11.2 Å². The smallest absolute Gasteiger partial charge is 0.310 e. The van der Waals surface area contributed by atoms with Gasteiger partial charge in [0.25, 0.3) is 5.56 Å². The standard InChI is InChI=1S/C21H25N5O2/c1-14(2)10-11-24-19(27)17-18(23(4)21(24)28)22-20-25(15(3)12-26(17)20)13-16-8-6-5-7-9-16/h5-9,12,14H,10-11,13H2,1-4H3. The predicted octanol–water partition coefficient (Wildman–Crippen LogP) is 2.55. The fourth-order valence-corrected chi connectivity index (χ4v) is 3.60. The molecule has 28 heavy (non-hydrogen) atoms. The summed E-state index contributed by atoms with van der Waals surface area (Å²) < 4.78 is 6.70. The molecule has 0 bridgehead atoms. The normalized spacial score (nSPS) is 11.9. The Morgan fingerprint density at radius 3 is 2.46 bits per heavy atom. The van der Waals surface area contributed by atoms with Crippen LogP contribution in [0.1, 0.15) is 31.5 Å². The Labute approximate surface area is 162 Å². The van der Waals surface area contributed by atoms with Gasteiger partial charge in [0.2, 0.25) is 5.78 Å². The average Bonchev–Trinajstić information content (AvgIpc) is 3.17. The first-order chi connectivity index (χ1) is 13.4. The van der Waals surface area contributed by atoms with E-state index in [0.29, 0.717) is 35.9 Å². The number of imidazole rings is 2. The van der Waals surface area contributed by atoms with Crippen LogP contribution >= 0.6 is 0 Å². The SMILES string of the molecule is Cc1cn2c3c(=O)n(CCC(C)C)c(=O)n(C)c3nc2n1Cc1ccccc1. The van der Waals surface area contributed by atoms with Crippen LogP contribution in [-0.2, 0) is 20.1 Å². The van der Waals surface area contributed by atoms with Crippen LogP contribution in [-0.4, -0.2) is 23.1 Å². The molecule has 0 N–H and O–H groups in total. The summed E-state index contributed by atoms with van der Waals surface area (Å²) >= 11 is 0. The third-order valence-electron chi connectivity index (χ3n) is 5.25. The van der Waals surface area contributed by atoms with Gasteiger partial charge in [-0.15, -0.1) is 0 Å². The molecule has 146 valence electrons. The molecule has 4 rings (SSSR count).